The number of carbonyl (C=O) groups excluding carboxylic acids is 1. The number of nitrogens with zero attached hydrogens (tertiary/aromatic N) is 5. The Morgan fingerprint density at radius 3 is 2.90 bits per heavy atom. The summed E-state index contributed by atoms with van der Waals surface area (Å²) >= 11 is 0. The van der Waals surface area contributed by atoms with Gasteiger partial charge in [0.2, 0.25) is 0 Å². The standard InChI is InChI=1S/C22H27N5O4/c1-4-31-21(29)20-16(13-30-10-9-25-27-23)26-15-11-22(2,3)12-17(28)18(15)19(20)14-7-5-6-8-24-14/h5-8,17,28H,4,9-13H2,1-3H3. The number of ether oxygens (including phenoxy) is 2. The minimum absolute atomic E-state index is 0.0404. The van der Waals surface area contributed by atoms with Crippen LogP contribution in [0.3, 0.4) is 0 Å². The second kappa shape index (κ2) is 9.87. The van der Waals surface area contributed by atoms with E-state index < -0.39 is 12.1 Å². The van der Waals surface area contributed by atoms with Gasteiger partial charge in [0.15, 0.2) is 0 Å². The van der Waals surface area contributed by atoms with Crippen LogP contribution in [0.15, 0.2) is 29.5 Å². The van der Waals surface area contributed by atoms with Gasteiger partial charge >= 0.3 is 5.97 Å². The molecule has 0 saturated heterocycles. The SMILES string of the molecule is CCOC(=O)c1c(COCCN=[N+]=[N-])nc2c(c1-c1ccccn1)C(O)CC(C)(C)C2. The molecule has 0 radical (unpaired) electrons. The van der Waals surface area contributed by atoms with Crippen LogP contribution in [-0.2, 0) is 22.5 Å². The Hall–Kier alpha value is -3.00. The maximum atomic E-state index is 13.0. The molecule has 1 aliphatic carbocycles. The fourth-order valence-corrected chi connectivity index (χ4v) is 3.97. The van der Waals surface area contributed by atoms with Crippen LogP contribution in [0, 0.1) is 5.41 Å². The molecule has 3 rings (SSSR count). The Labute approximate surface area is 181 Å². The summed E-state index contributed by atoms with van der Waals surface area (Å²) in [5.41, 5.74) is 11.4. The zero-order valence-electron chi connectivity index (χ0n) is 18.0. The number of esters is 1. The van der Waals surface area contributed by atoms with Gasteiger partial charge in [-0.15, -0.1) is 0 Å². The molecule has 0 fully saturated rings. The van der Waals surface area contributed by atoms with E-state index >= 15 is 0 Å². The van der Waals surface area contributed by atoms with E-state index in [1.165, 1.54) is 0 Å². The molecule has 0 aromatic carbocycles. The first-order chi connectivity index (χ1) is 14.9. The number of aliphatic hydroxyl groups is 1. The van der Waals surface area contributed by atoms with Gasteiger partial charge < -0.3 is 14.6 Å². The van der Waals surface area contributed by atoms with E-state index in [9.17, 15) is 9.90 Å². The predicted molar refractivity (Wildman–Crippen MR) is 114 cm³/mol. The highest BCUT2D eigenvalue weighted by Crippen LogP contribution is 2.45. The summed E-state index contributed by atoms with van der Waals surface area (Å²) in [5.74, 6) is -0.538. The van der Waals surface area contributed by atoms with Crippen LogP contribution in [-0.4, -0.2) is 40.8 Å². The van der Waals surface area contributed by atoms with Crippen molar-refractivity contribution >= 4 is 5.97 Å². The van der Waals surface area contributed by atoms with Gasteiger partial charge in [-0.3, -0.25) is 9.97 Å². The van der Waals surface area contributed by atoms with Crippen LogP contribution < -0.4 is 0 Å². The predicted octanol–water partition coefficient (Wildman–Crippen LogP) is 4.15. The van der Waals surface area contributed by atoms with E-state index in [-0.39, 0.29) is 37.3 Å². The molecule has 2 heterocycles. The van der Waals surface area contributed by atoms with E-state index in [2.05, 4.69) is 28.9 Å². The zero-order valence-corrected chi connectivity index (χ0v) is 18.0. The summed E-state index contributed by atoms with van der Waals surface area (Å²) in [6.07, 6.45) is 2.06. The van der Waals surface area contributed by atoms with Gasteiger partial charge in [0.05, 0.1) is 42.9 Å². The third-order valence-electron chi connectivity index (χ3n) is 5.15. The lowest BCUT2D eigenvalue weighted by atomic mass is 9.72. The number of pyridine rings is 2. The number of carbonyl (C=O) groups is 1. The van der Waals surface area contributed by atoms with Gasteiger partial charge in [-0.05, 0) is 42.8 Å². The van der Waals surface area contributed by atoms with E-state index in [0.717, 1.165) is 5.69 Å². The summed E-state index contributed by atoms with van der Waals surface area (Å²) in [4.78, 5) is 24.9. The average Bonchev–Trinajstić information content (AvgIpc) is 2.72. The lowest BCUT2D eigenvalue weighted by molar-refractivity contribution is 0.0517. The molecule has 1 aliphatic rings. The molecule has 2 aromatic heterocycles. The molecule has 0 spiro atoms. The lowest BCUT2D eigenvalue weighted by Gasteiger charge is -2.36. The van der Waals surface area contributed by atoms with Crippen molar-refractivity contribution in [3.05, 3.63) is 57.4 Å². The quantitative estimate of drug-likeness (QED) is 0.222. The van der Waals surface area contributed by atoms with Crippen LogP contribution in [0.2, 0.25) is 0 Å². The van der Waals surface area contributed by atoms with E-state index in [1.54, 1.807) is 25.3 Å². The Balaban J connectivity index is 2.19. The molecule has 0 aliphatic heterocycles. The van der Waals surface area contributed by atoms with Crippen molar-refractivity contribution in [1.29, 1.82) is 0 Å². The van der Waals surface area contributed by atoms with Crippen molar-refractivity contribution in [3.8, 4) is 11.3 Å². The Bertz CT molecular complexity index is 987. The monoisotopic (exact) mass is 425 g/mol. The molecule has 1 N–H and O–H groups in total. The van der Waals surface area contributed by atoms with Crippen molar-refractivity contribution in [2.75, 3.05) is 19.8 Å². The molecule has 164 valence electrons. The maximum absolute atomic E-state index is 13.0. The number of aliphatic hydroxyl groups excluding tert-OH is 1. The average molecular weight is 425 g/mol. The number of hydrogen-bond donors (Lipinski definition) is 1. The van der Waals surface area contributed by atoms with E-state index in [1.807, 2.05) is 6.07 Å². The lowest BCUT2D eigenvalue weighted by Crippen LogP contribution is -2.29. The molecule has 0 bridgehead atoms. The van der Waals surface area contributed by atoms with Gasteiger partial charge in [-0.2, -0.15) is 0 Å². The molecular formula is C22H27N5O4. The highest BCUT2D eigenvalue weighted by molar-refractivity contribution is 5.99. The van der Waals surface area contributed by atoms with Crippen LogP contribution >= 0.6 is 0 Å². The molecule has 1 atom stereocenters. The highest BCUT2D eigenvalue weighted by atomic mass is 16.5. The van der Waals surface area contributed by atoms with Crippen molar-refractivity contribution in [1.82, 2.24) is 9.97 Å². The number of hydrogen-bond acceptors (Lipinski definition) is 7. The zero-order chi connectivity index (χ0) is 22.4. The molecule has 2 aromatic rings. The molecular weight excluding hydrogens is 398 g/mol. The summed E-state index contributed by atoms with van der Waals surface area (Å²) in [6, 6.07) is 5.43. The third-order valence-corrected chi connectivity index (χ3v) is 5.15. The third kappa shape index (κ3) is 5.19. The van der Waals surface area contributed by atoms with Crippen molar-refractivity contribution in [2.45, 2.75) is 46.3 Å². The fraction of sp³-hybridized carbons (Fsp3) is 0.500. The van der Waals surface area contributed by atoms with Crippen LogP contribution in [0.5, 0.6) is 0 Å². The molecule has 9 heteroatoms. The number of fused-ring (bicyclic) bond motifs is 1. The van der Waals surface area contributed by atoms with Gasteiger partial charge in [-0.1, -0.05) is 25.0 Å². The van der Waals surface area contributed by atoms with Crippen molar-refractivity contribution in [2.24, 2.45) is 10.5 Å². The van der Waals surface area contributed by atoms with Crippen LogP contribution in [0.25, 0.3) is 21.7 Å². The number of azide groups is 1. The molecule has 9 nitrogen and oxygen atoms in total. The number of aromatic nitrogens is 2. The molecule has 1 unspecified atom stereocenters. The largest absolute Gasteiger partial charge is 0.462 e. The minimum atomic E-state index is -0.781. The maximum Gasteiger partial charge on any atom is 0.340 e. The van der Waals surface area contributed by atoms with Gasteiger partial charge in [0.25, 0.3) is 0 Å². The molecule has 0 amide bonds. The Morgan fingerprint density at radius 2 is 2.23 bits per heavy atom. The second-order valence-corrected chi connectivity index (χ2v) is 8.17. The summed E-state index contributed by atoms with van der Waals surface area (Å²) in [5, 5.41) is 14.5. The van der Waals surface area contributed by atoms with Gasteiger partial charge in [0.1, 0.15) is 0 Å². The van der Waals surface area contributed by atoms with Crippen molar-refractivity contribution in [3.63, 3.8) is 0 Å². The Kier molecular flexibility index (Phi) is 7.22. The topological polar surface area (TPSA) is 130 Å². The smallest absolute Gasteiger partial charge is 0.340 e. The van der Waals surface area contributed by atoms with Crippen LogP contribution in [0.4, 0.5) is 0 Å². The van der Waals surface area contributed by atoms with E-state index in [0.29, 0.717) is 35.4 Å². The number of rotatable bonds is 8. The Morgan fingerprint density at radius 1 is 1.42 bits per heavy atom. The fourth-order valence-electron chi connectivity index (χ4n) is 3.97. The first kappa shape index (κ1) is 22.7. The minimum Gasteiger partial charge on any atom is -0.462 e. The summed E-state index contributed by atoms with van der Waals surface area (Å²) < 4.78 is 11.0. The van der Waals surface area contributed by atoms with Gasteiger partial charge in [0, 0.05) is 34.5 Å². The summed E-state index contributed by atoms with van der Waals surface area (Å²) in [6.45, 7) is 6.50. The van der Waals surface area contributed by atoms with E-state index in [4.69, 9.17) is 20.0 Å². The van der Waals surface area contributed by atoms with Crippen molar-refractivity contribution < 1.29 is 19.4 Å². The highest BCUT2D eigenvalue weighted by Gasteiger charge is 2.37. The molecule has 31 heavy (non-hydrogen) atoms. The van der Waals surface area contributed by atoms with Gasteiger partial charge in [-0.25, -0.2) is 4.79 Å². The normalized spacial score (nSPS) is 16.8. The first-order valence-electron chi connectivity index (χ1n) is 10.3. The second-order valence-electron chi connectivity index (χ2n) is 8.17. The summed E-state index contributed by atoms with van der Waals surface area (Å²) in [7, 11) is 0. The van der Waals surface area contributed by atoms with Crippen LogP contribution in [0.1, 0.15) is 60.6 Å². The molecule has 0 saturated carbocycles. The first-order valence-corrected chi connectivity index (χ1v) is 10.3.